The molecule has 1 aromatic heterocycles. The van der Waals surface area contributed by atoms with E-state index in [2.05, 4.69) is 31.1 Å². The van der Waals surface area contributed by atoms with Crippen molar-refractivity contribution in [2.75, 3.05) is 23.5 Å². The van der Waals surface area contributed by atoms with Crippen LogP contribution in [0.25, 0.3) is 0 Å². The van der Waals surface area contributed by atoms with Gasteiger partial charge in [0, 0.05) is 36.2 Å². The average Bonchev–Trinajstić information content (AvgIpc) is 2.91. The van der Waals surface area contributed by atoms with Crippen LogP contribution in [0.5, 0.6) is 0 Å². The first-order valence-electron chi connectivity index (χ1n) is 6.79. The van der Waals surface area contributed by atoms with Crippen LogP contribution in [0.4, 0.5) is 5.13 Å². The van der Waals surface area contributed by atoms with Crippen LogP contribution in [-0.4, -0.2) is 43.5 Å². The summed E-state index contributed by atoms with van der Waals surface area (Å²) in [7, 11) is -0.913. The highest BCUT2D eigenvalue weighted by molar-refractivity contribution is 7.91. The second kappa shape index (κ2) is 5.61. The lowest BCUT2D eigenvalue weighted by Crippen LogP contribution is -2.34. The van der Waals surface area contributed by atoms with Crippen molar-refractivity contribution in [2.24, 2.45) is 0 Å². The van der Waals surface area contributed by atoms with E-state index in [1.807, 2.05) is 18.1 Å². The van der Waals surface area contributed by atoms with Gasteiger partial charge in [-0.2, -0.15) is 0 Å². The maximum Gasteiger partial charge on any atom is 0.185 e. The van der Waals surface area contributed by atoms with Gasteiger partial charge in [-0.25, -0.2) is 13.4 Å². The van der Waals surface area contributed by atoms with Crippen LogP contribution in [0, 0.1) is 0 Å². The van der Waals surface area contributed by atoms with Gasteiger partial charge in [0.25, 0.3) is 0 Å². The summed E-state index contributed by atoms with van der Waals surface area (Å²) in [4.78, 5) is 7.60. The van der Waals surface area contributed by atoms with E-state index in [1.165, 1.54) is 4.88 Å². The van der Waals surface area contributed by atoms with Crippen molar-refractivity contribution < 1.29 is 8.42 Å². The molecule has 0 aliphatic carbocycles. The van der Waals surface area contributed by atoms with Crippen molar-refractivity contribution in [3.8, 4) is 0 Å². The van der Waals surface area contributed by atoms with Crippen molar-refractivity contribution in [3.63, 3.8) is 0 Å². The molecule has 0 amide bonds. The predicted molar refractivity (Wildman–Crippen MR) is 84.2 cm³/mol. The smallest absolute Gasteiger partial charge is 0.185 e. The Labute approximate surface area is 125 Å². The fourth-order valence-corrected chi connectivity index (χ4v) is 4.79. The van der Waals surface area contributed by atoms with Gasteiger partial charge in [0.1, 0.15) is 0 Å². The topological polar surface area (TPSA) is 62.3 Å². The van der Waals surface area contributed by atoms with Crippen LogP contribution in [0.15, 0.2) is 6.20 Å². The highest BCUT2D eigenvalue weighted by Crippen LogP contribution is 2.27. The third-order valence-electron chi connectivity index (χ3n) is 3.39. The quantitative estimate of drug-likeness (QED) is 0.915. The number of aromatic nitrogens is 1. The normalized spacial score (nSPS) is 22.1. The molecular formula is C13H23N3O2S2. The van der Waals surface area contributed by atoms with Crippen molar-refractivity contribution in [2.45, 2.75) is 45.3 Å². The number of nitrogens with zero attached hydrogens (tertiary/aromatic N) is 2. The van der Waals surface area contributed by atoms with E-state index in [0.29, 0.717) is 12.2 Å². The number of anilines is 1. The number of hydrogen-bond acceptors (Lipinski definition) is 6. The third-order valence-corrected chi connectivity index (χ3v) is 6.23. The molecule has 114 valence electrons. The summed E-state index contributed by atoms with van der Waals surface area (Å²) >= 11 is 1.63. The fourth-order valence-electron chi connectivity index (χ4n) is 2.13. The van der Waals surface area contributed by atoms with E-state index in [-0.39, 0.29) is 17.3 Å². The van der Waals surface area contributed by atoms with Crippen LogP contribution < -0.4 is 10.2 Å². The molecule has 1 saturated heterocycles. The first-order valence-corrected chi connectivity index (χ1v) is 9.43. The highest BCUT2D eigenvalue weighted by Gasteiger charge is 2.31. The predicted octanol–water partition coefficient (Wildman–Crippen LogP) is 1.65. The SMILES string of the molecule is CN(c1ncc(CNC(C)(C)C)s1)C1CCS(=O)(=O)C1. The Bertz CT molecular complexity index is 560. The van der Waals surface area contributed by atoms with Gasteiger partial charge in [-0.05, 0) is 27.2 Å². The molecule has 1 fully saturated rings. The van der Waals surface area contributed by atoms with E-state index in [1.54, 1.807) is 11.3 Å². The lowest BCUT2D eigenvalue weighted by atomic mass is 10.1. The molecular weight excluding hydrogens is 294 g/mol. The molecule has 2 rings (SSSR count). The lowest BCUT2D eigenvalue weighted by molar-refractivity contribution is 0.426. The van der Waals surface area contributed by atoms with Gasteiger partial charge >= 0.3 is 0 Å². The van der Waals surface area contributed by atoms with Crippen LogP contribution >= 0.6 is 11.3 Å². The minimum Gasteiger partial charge on any atom is -0.347 e. The summed E-state index contributed by atoms with van der Waals surface area (Å²) in [6, 6.07) is 0.0644. The molecule has 1 aliphatic heterocycles. The minimum absolute atomic E-state index is 0.0644. The van der Waals surface area contributed by atoms with Gasteiger partial charge in [-0.15, -0.1) is 11.3 Å². The molecule has 1 aliphatic rings. The Morgan fingerprint density at radius 1 is 1.50 bits per heavy atom. The number of thiazole rings is 1. The van der Waals surface area contributed by atoms with E-state index in [9.17, 15) is 8.42 Å². The summed E-state index contributed by atoms with van der Waals surface area (Å²) < 4.78 is 23.1. The number of hydrogen-bond donors (Lipinski definition) is 1. The minimum atomic E-state index is -2.85. The van der Waals surface area contributed by atoms with Crippen LogP contribution in [0.3, 0.4) is 0 Å². The van der Waals surface area contributed by atoms with Crippen molar-refractivity contribution in [1.82, 2.24) is 10.3 Å². The molecule has 0 bridgehead atoms. The summed E-state index contributed by atoms with van der Waals surface area (Å²) in [6.07, 6.45) is 2.58. The first-order chi connectivity index (χ1) is 9.16. The van der Waals surface area contributed by atoms with Gasteiger partial charge in [-0.1, -0.05) is 0 Å². The number of rotatable bonds is 4. The maximum absolute atomic E-state index is 11.5. The van der Waals surface area contributed by atoms with E-state index in [4.69, 9.17) is 0 Å². The zero-order chi connectivity index (χ0) is 15.0. The second-order valence-electron chi connectivity index (χ2n) is 6.38. The van der Waals surface area contributed by atoms with Crippen LogP contribution in [0.1, 0.15) is 32.1 Å². The Kier molecular flexibility index (Phi) is 4.41. The standard InChI is InChI=1S/C13H23N3O2S2/c1-13(2,3)15-8-11-7-14-12(19-11)16(4)10-5-6-20(17,18)9-10/h7,10,15H,5-6,8-9H2,1-4H3. The fraction of sp³-hybridized carbons (Fsp3) is 0.769. The van der Waals surface area contributed by atoms with Crippen LogP contribution in [-0.2, 0) is 16.4 Å². The van der Waals surface area contributed by atoms with Gasteiger partial charge < -0.3 is 10.2 Å². The molecule has 5 nitrogen and oxygen atoms in total. The molecule has 1 atom stereocenters. The van der Waals surface area contributed by atoms with Crippen LogP contribution in [0.2, 0.25) is 0 Å². The van der Waals surface area contributed by atoms with Gasteiger partial charge in [0.15, 0.2) is 15.0 Å². The molecule has 0 saturated carbocycles. The molecule has 1 N–H and O–H groups in total. The Balaban J connectivity index is 1.98. The molecule has 20 heavy (non-hydrogen) atoms. The van der Waals surface area contributed by atoms with Gasteiger partial charge in [-0.3, -0.25) is 0 Å². The highest BCUT2D eigenvalue weighted by atomic mass is 32.2. The van der Waals surface area contributed by atoms with Crippen molar-refractivity contribution in [3.05, 3.63) is 11.1 Å². The Hall–Kier alpha value is -0.660. The molecule has 0 aromatic carbocycles. The summed E-state index contributed by atoms with van der Waals surface area (Å²) in [5.41, 5.74) is 0.0790. The van der Waals surface area contributed by atoms with Gasteiger partial charge in [0.2, 0.25) is 0 Å². The Morgan fingerprint density at radius 2 is 2.20 bits per heavy atom. The first kappa shape index (κ1) is 15.7. The lowest BCUT2D eigenvalue weighted by Gasteiger charge is -2.22. The molecule has 2 heterocycles. The average molecular weight is 317 g/mol. The Morgan fingerprint density at radius 3 is 2.75 bits per heavy atom. The molecule has 1 aromatic rings. The van der Waals surface area contributed by atoms with E-state index < -0.39 is 9.84 Å². The van der Waals surface area contributed by atoms with E-state index in [0.717, 1.165) is 11.7 Å². The molecule has 7 heteroatoms. The van der Waals surface area contributed by atoms with Crippen molar-refractivity contribution in [1.29, 1.82) is 0 Å². The monoisotopic (exact) mass is 317 g/mol. The number of nitrogens with one attached hydrogen (secondary N) is 1. The second-order valence-corrected chi connectivity index (χ2v) is 9.70. The van der Waals surface area contributed by atoms with E-state index >= 15 is 0 Å². The summed E-state index contributed by atoms with van der Waals surface area (Å²) in [5, 5.41) is 4.33. The molecule has 0 spiro atoms. The summed E-state index contributed by atoms with van der Waals surface area (Å²) in [5.74, 6) is 0.546. The molecule has 1 unspecified atom stereocenters. The largest absolute Gasteiger partial charge is 0.347 e. The van der Waals surface area contributed by atoms with Crippen molar-refractivity contribution >= 4 is 26.3 Å². The summed E-state index contributed by atoms with van der Waals surface area (Å²) in [6.45, 7) is 7.18. The zero-order valence-corrected chi connectivity index (χ0v) is 14.1. The zero-order valence-electron chi connectivity index (χ0n) is 12.5. The van der Waals surface area contributed by atoms with Gasteiger partial charge in [0.05, 0.1) is 11.5 Å². The maximum atomic E-state index is 11.5. The third kappa shape index (κ3) is 4.17. The number of sulfone groups is 1. The molecule has 0 radical (unpaired) electrons.